The van der Waals surface area contributed by atoms with Crippen molar-refractivity contribution in [2.45, 2.75) is 51.3 Å². The molecule has 2 aromatic rings. The van der Waals surface area contributed by atoms with Gasteiger partial charge in [0, 0.05) is 12.6 Å². The first kappa shape index (κ1) is 16.6. The zero-order valence-corrected chi connectivity index (χ0v) is 14.2. The maximum absolute atomic E-state index is 12.5. The van der Waals surface area contributed by atoms with E-state index in [1.54, 1.807) is 31.2 Å². The summed E-state index contributed by atoms with van der Waals surface area (Å²) in [5, 5.41) is 11.4. The van der Waals surface area contributed by atoms with E-state index in [0.29, 0.717) is 17.5 Å². The Morgan fingerprint density at radius 1 is 1.42 bits per heavy atom. The van der Waals surface area contributed by atoms with Crippen molar-refractivity contribution >= 4 is 16.8 Å². The highest BCUT2D eigenvalue weighted by molar-refractivity contribution is 5.81. The van der Waals surface area contributed by atoms with E-state index in [1.807, 2.05) is 13.8 Å². The van der Waals surface area contributed by atoms with Crippen LogP contribution in [0.15, 0.2) is 29.1 Å². The summed E-state index contributed by atoms with van der Waals surface area (Å²) in [4.78, 5) is 25.1. The lowest BCUT2D eigenvalue weighted by Crippen LogP contribution is -2.48. The van der Waals surface area contributed by atoms with Crippen molar-refractivity contribution in [3.8, 4) is 0 Å². The van der Waals surface area contributed by atoms with Crippen LogP contribution in [0.2, 0.25) is 0 Å². The Bertz CT molecular complexity index is 815. The quantitative estimate of drug-likeness (QED) is 0.920. The molecular formula is C17H22N4O3. The third-order valence-corrected chi connectivity index (χ3v) is 4.38. The van der Waals surface area contributed by atoms with Crippen LogP contribution in [0.5, 0.6) is 0 Å². The summed E-state index contributed by atoms with van der Waals surface area (Å²) >= 11 is 0. The SMILES string of the molecule is C[C@@H](C(=O)N[C@H]1CCOC(C)(C)C1)n1nnc2ccccc2c1=O. The Morgan fingerprint density at radius 3 is 2.92 bits per heavy atom. The van der Waals surface area contributed by atoms with E-state index < -0.39 is 6.04 Å². The largest absolute Gasteiger partial charge is 0.375 e. The number of benzene rings is 1. The maximum Gasteiger partial charge on any atom is 0.278 e. The van der Waals surface area contributed by atoms with Gasteiger partial charge >= 0.3 is 0 Å². The summed E-state index contributed by atoms with van der Waals surface area (Å²) in [5.41, 5.74) is -0.0351. The molecule has 1 aromatic heterocycles. The van der Waals surface area contributed by atoms with Gasteiger partial charge in [0.25, 0.3) is 5.56 Å². The number of hydrogen-bond donors (Lipinski definition) is 1. The molecule has 7 nitrogen and oxygen atoms in total. The number of rotatable bonds is 3. The first-order valence-electron chi connectivity index (χ1n) is 8.16. The Morgan fingerprint density at radius 2 is 2.17 bits per heavy atom. The normalized spacial score (nSPS) is 21.4. The third-order valence-electron chi connectivity index (χ3n) is 4.38. The summed E-state index contributed by atoms with van der Waals surface area (Å²) in [6, 6.07) is 6.29. The van der Waals surface area contributed by atoms with Gasteiger partial charge in [-0.25, -0.2) is 0 Å². The van der Waals surface area contributed by atoms with Gasteiger partial charge in [-0.05, 0) is 45.7 Å². The van der Waals surface area contributed by atoms with Gasteiger partial charge in [0.2, 0.25) is 5.91 Å². The predicted octanol–water partition coefficient (Wildman–Crippen LogP) is 1.43. The third kappa shape index (κ3) is 3.31. The number of carbonyl (C=O) groups excluding carboxylic acids is 1. The standard InChI is InChI=1S/C17H22N4O3/c1-11(15(22)18-12-8-9-24-17(2,3)10-12)21-16(23)13-6-4-5-7-14(13)19-20-21/h4-7,11-12H,8-10H2,1-3H3,(H,18,22)/t11-,12-/m0/s1. The van der Waals surface area contributed by atoms with Gasteiger partial charge in [-0.15, -0.1) is 5.10 Å². The second-order valence-corrected chi connectivity index (χ2v) is 6.84. The maximum atomic E-state index is 12.5. The molecule has 0 saturated carbocycles. The molecule has 0 radical (unpaired) electrons. The Labute approximate surface area is 140 Å². The molecule has 1 saturated heterocycles. The van der Waals surface area contributed by atoms with Crippen LogP contribution in [-0.4, -0.2) is 39.2 Å². The second-order valence-electron chi connectivity index (χ2n) is 6.84. The lowest BCUT2D eigenvalue weighted by molar-refractivity contribution is -0.127. The molecule has 128 valence electrons. The van der Waals surface area contributed by atoms with E-state index in [4.69, 9.17) is 4.74 Å². The lowest BCUT2D eigenvalue weighted by atomic mass is 9.94. The molecule has 0 unspecified atom stereocenters. The van der Waals surface area contributed by atoms with Crippen LogP contribution >= 0.6 is 0 Å². The number of carbonyl (C=O) groups is 1. The zero-order valence-electron chi connectivity index (χ0n) is 14.2. The van der Waals surface area contributed by atoms with Crippen molar-refractivity contribution in [1.82, 2.24) is 20.3 Å². The monoisotopic (exact) mass is 330 g/mol. The van der Waals surface area contributed by atoms with Crippen LogP contribution in [-0.2, 0) is 9.53 Å². The smallest absolute Gasteiger partial charge is 0.278 e. The Kier molecular flexibility index (Phi) is 4.36. The molecule has 0 spiro atoms. The van der Waals surface area contributed by atoms with Crippen LogP contribution in [0.1, 0.15) is 39.7 Å². The predicted molar refractivity (Wildman–Crippen MR) is 89.7 cm³/mol. The van der Waals surface area contributed by atoms with Crippen molar-refractivity contribution < 1.29 is 9.53 Å². The van der Waals surface area contributed by atoms with Gasteiger partial charge in [0.1, 0.15) is 11.6 Å². The Balaban J connectivity index is 1.79. The van der Waals surface area contributed by atoms with Crippen LogP contribution in [0, 0.1) is 0 Å². The van der Waals surface area contributed by atoms with E-state index in [-0.39, 0.29) is 23.1 Å². The van der Waals surface area contributed by atoms with E-state index in [9.17, 15) is 9.59 Å². The highest BCUT2D eigenvalue weighted by Gasteiger charge is 2.31. The highest BCUT2D eigenvalue weighted by atomic mass is 16.5. The molecule has 1 aliphatic heterocycles. The van der Waals surface area contributed by atoms with Gasteiger partial charge in [-0.1, -0.05) is 17.3 Å². The van der Waals surface area contributed by atoms with E-state index in [1.165, 1.54) is 0 Å². The molecular weight excluding hydrogens is 308 g/mol. The summed E-state index contributed by atoms with van der Waals surface area (Å²) in [6.45, 7) is 6.29. The number of aromatic nitrogens is 3. The van der Waals surface area contributed by atoms with Crippen molar-refractivity contribution in [2.24, 2.45) is 0 Å². The minimum atomic E-state index is -0.722. The van der Waals surface area contributed by atoms with Crippen molar-refractivity contribution in [1.29, 1.82) is 0 Å². The number of amides is 1. The van der Waals surface area contributed by atoms with Gasteiger partial charge in [0.15, 0.2) is 0 Å². The van der Waals surface area contributed by atoms with Crippen LogP contribution in [0.25, 0.3) is 10.9 Å². The van der Waals surface area contributed by atoms with E-state index in [2.05, 4.69) is 15.6 Å². The summed E-state index contributed by atoms with van der Waals surface area (Å²) in [7, 11) is 0. The van der Waals surface area contributed by atoms with Gasteiger partial charge in [-0.3, -0.25) is 9.59 Å². The fourth-order valence-corrected chi connectivity index (χ4v) is 3.04. The topological polar surface area (TPSA) is 86.1 Å². The number of ether oxygens (including phenoxy) is 1. The van der Waals surface area contributed by atoms with Crippen molar-refractivity contribution in [2.75, 3.05) is 6.61 Å². The van der Waals surface area contributed by atoms with Crippen molar-refractivity contribution in [3.63, 3.8) is 0 Å². The molecule has 2 atom stereocenters. The average Bonchev–Trinajstić information content (AvgIpc) is 2.54. The lowest BCUT2D eigenvalue weighted by Gasteiger charge is -2.36. The molecule has 1 N–H and O–H groups in total. The molecule has 24 heavy (non-hydrogen) atoms. The van der Waals surface area contributed by atoms with Crippen molar-refractivity contribution in [3.05, 3.63) is 34.6 Å². The fourth-order valence-electron chi connectivity index (χ4n) is 3.04. The number of nitrogens with one attached hydrogen (secondary N) is 1. The zero-order chi connectivity index (χ0) is 17.3. The molecule has 1 aliphatic rings. The molecule has 2 heterocycles. The molecule has 0 aliphatic carbocycles. The summed E-state index contributed by atoms with van der Waals surface area (Å²) < 4.78 is 6.80. The van der Waals surface area contributed by atoms with Gasteiger partial charge in [0.05, 0.1) is 11.0 Å². The number of nitrogens with zero attached hydrogens (tertiary/aromatic N) is 3. The first-order valence-corrected chi connectivity index (χ1v) is 8.16. The molecule has 7 heteroatoms. The van der Waals surface area contributed by atoms with Gasteiger partial charge in [-0.2, -0.15) is 4.68 Å². The summed E-state index contributed by atoms with van der Waals surface area (Å²) in [5.74, 6) is -0.232. The first-order chi connectivity index (χ1) is 11.4. The van der Waals surface area contributed by atoms with E-state index in [0.717, 1.165) is 17.5 Å². The molecule has 0 bridgehead atoms. The number of fused-ring (bicyclic) bond motifs is 1. The van der Waals surface area contributed by atoms with Crippen LogP contribution in [0.4, 0.5) is 0 Å². The highest BCUT2D eigenvalue weighted by Crippen LogP contribution is 2.24. The summed E-state index contributed by atoms with van der Waals surface area (Å²) in [6.07, 6.45) is 1.50. The van der Waals surface area contributed by atoms with Crippen LogP contribution in [0.3, 0.4) is 0 Å². The van der Waals surface area contributed by atoms with Gasteiger partial charge < -0.3 is 10.1 Å². The van der Waals surface area contributed by atoms with E-state index >= 15 is 0 Å². The Hall–Kier alpha value is -2.28. The molecule has 3 rings (SSSR count). The molecule has 1 fully saturated rings. The fraction of sp³-hybridized carbons (Fsp3) is 0.529. The van der Waals surface area contributed by atoms with Crippen LogP contribution < -0.4 is 10.9 Å². The minimum absolute atomic E-state index is 0.0350. The molecule has 1 aromatic carbocycles. The minimum Gasteiger partial charge on any atom is -0.375 e. The second kappa shape index (κ2) is 6.32. The molecule has 1 amide bonds. The number of hydrogen-bond acceptors (Lipinski definition) is 5. The average molecular weight is 330 g/mol.